The summed E-state index contributed by atoms with van der Waals surface area (Å²) >= 11 is 6.09. The highest BCUT2D eigenvalue weighted by Crippen LogP contribution is 2.21. The number of benzene rings is 1. The molecule has 0 aliphatic heterocycles. The zero-order valence-electron chi connectivity index (χ0n) is 10.9. The summed E-state index contributed by atoms with van der Waals surface area (Å²) in [6.45, 7) is 1.03. The Balaban J connectivity index is 2.28. The van der Waals surface area contributed by atoms with E-state index in [0.29, 0.717) is 18.4 Å². The first-order chi connectivity index (χ1) is 9.26. The molecule has 6 heteroatoms. The first kappa shape index (κ1) is 14.0. The second-order valence-corrected chi connectivity index (χ2v) is 4.42. The van der Waals surface area contributed by atoms with Gasteiger partial charge in [-0.05, 0) is 11.6 Å². The average molecular weight is 282 g/mol. The van der Waals surface area contributed by atoms with E-state index < -0.39 is 0 Å². The van der Waals surface area contributed by atoms with E-state index in [9.17, 15) is 0 Å². The van der Waals surface area contributed by atoms with Crippen molar-refractivity contribution in [2.45, 2.75) is 12.6 Å². The molecule has 0 N–H and O–H groups in total. The van der Waals surface area contributed by atoms with Gasteiger partial charge in [-0.2, -0.15) is 0 Å². The number of rotatable bonds is 6. The van der Waals surface area contributed by atoms with E-state index in [1.807, 2.05) is 34.9 Å². The molecule has 0 bridgehead atoms. The van der Waals surface area contributed by atoms with Gasteiger partial charge in [0.1, 0.15) is 0 Å². The predicted octanol–water partition coefficient (Wildman–Crippen LogP) is 2.26. The first-order valence-corrected chi connectivity index (χ1v) is 6.30. The number of halogens is 1. The standard InChI is InChI=1S/C13H16ClN3O2/c1-18-9-11(19-2)8-17-12(15-16-13(17)14)10-6-4-3-5-7-10/h3-7,11H,8-9H2,1-2H3. The van der Waals surface area contributed by atoms with Crippen LogP contribution in [0.3, 0.4) is 0 Å². The van der Waals surface area contributed by atoms with Gasteiger partial charge in [0.15, 0.2) is 5.82 Å². The highest BCUT2D eigenvalue weighted by Gasteiger charge is 2.16. The molecule has 1 aromatic heterocycles. The highest BCUT2D eigenvalue weighted by molar-refractivity contribution is 6.28. The van der Waals surface area contributed by atoms with Crippen LogP contribution in [0.25, 0.3) is 11.4 Å². The van der Waals surface area contributed by atoms with Crippen molar-refractivity contribution >= 4 is 11.6 Å². The van der Waals surface area contributed by atoms with Crippen molar-refractivity contribution in [1.29, 1.82) is 0 Å². The van der Waals surface area contributed by atoms with E-state index in [1.54, 1.807) is 14.2 Å². The van der Waals surface area contributed by atoms with Crippen molar-refractivity contribution in [2.75, 3.05) is 20.8 Å². The summed E-state index contributed by atoms with van der Waals surface area (Å²) in [4.78, 5) is 0. The van der Waals surface area contributed by atoms with Crippen LogP contribution in [0.5, 0.6) is 0 Å². The van der Waals surface area contributed by atoms with Crippen molar-refractivity contribution in [1.82, 2.24) is 14.8 Å². The van der Waals surface area contributed by atoms with Crippen molar-refractivity contribution in [3.8, 4) is 11.4 Å². The topological polar surface area (TPSA) is 49.2 Å². The summed E-state index contributed by atoms with van der Waals surface area (Å²) in [5.41, 5.74) is 0.967. The van der Waals surface area contributed by atoms with Crippen molar-refractivity contribution in [2.24, 2.45) is 0 Å². The lowest BCUT2D eigenvalue weighted by atomic mass is 10.2. The SMILES string of the molecule is COCC(Cn1c(Cl)nnc1-c1ccccc1)OC. The average Bonchev–Trinajstić information content (AvgIpc) is 2.80. The van der Waals surface area contributed by atoms with E-state index in [1.165, 1.54) is 0 Å². The van der Waals surface area contributed by atoms with Gasteiger partial charge in [0.05, 0.1) is 19.3 Å². The smallest absolute Gasteiger partial charge is 0.225 e. The Morgan fingerprint density at radius 2 is 1.95 bits per heavy atom. The Bertz CT molecular complexity index is 516. The molecule has 0 amide bonds. The molecule has 2 rings (SSSR count). The van der Waals surface area contributed by atoms with Crippen LogP contribution in [0.1, 0.15) is 0 Å². The van der Waals surface area contributed by atoms with Gasteiger partial charge < -0.3 is 9.47 Å². The Hall–Kier alpha value is -1.43. The molecule has 0 fully saturated rings. The molecule has 5 nitrogen and oxygen atoms in total. The lowest BCUT2D eigenvalue weighted by Crippen LogP contribution is -2.24. The van der Waals surface area contributed by atoms with Gasteiger partial charge >= 0.3 is 0 Å². The normalized spacial score (nSPS) is 12.6. The zero-order chi connectivity index (χ0) is 13.7. The van der Waals surface area contributed by atoms with Crippen molar-refractivity contribution < 1.29 is 9.47 Å². The van der Waals surface area contributed by atoms with Crippen LogP contribution in [0.4, 0.5) is 0 Å². The number of methoxy groups -OCH3 is 2. The van der Waals surface area contributed by atoms with Gasteiger partial charge in [-0.1, -0.05) is 30.3 Å². The molecular weight excluding hydrogens is 266 g/mol. The molecular formula is C13H16ClN3O2. The third-order valence-corrected chi connectivity index (χ3v) is 3.09. The Morgan fingerprint density at radius 1 is 1.21 bits per heavy atom. The maximum atomic E-state index is 6.09. The van der Waals surface area contributed by atoms with Gasteiger partial charge in [0.2, 0.25) is 5.28 Å². The van der Waals surface area contributed by atoms with Gasteiger partial charge in [-0.15, -0.1) is 10.2 Å². The summed E-state index contributed by atoms with van der Waals surface area (Å²) < 4.78 is 12.3. The number of hydrogen-bond donors (Lipinski definition) is 0. The molecule has 0 saturated heterocycles. The molecule has 0 aliphatic carbocycles. The zero-order valence-corrected chi connectivity index (χ0v) is 11.7. The van der Waals surface area contributed by atoms with Crippen LogP contribution >= 0.6 is 11.6 Å². The second kappa shape index (κ2) is 6.65. The highest BCUT2D eigenvalue weighted by atomic mass is 35.5. The fourth-order valence-electron chi connectivity index (χ4n) is 1.83. The minimum Gasteiger partial charge on any atom is -0.382 e. The Labute approximate surface area is 117 Å². The first-order valence-electron chi connectivity index (χ1n) is 5.92. The fraction of sp³-hybridized carbons (Fsp3) is 0.385. The van der Waals surface area contributed by atoms with Crippen LogP contribution in [0.2, 0.25) is 5.28 Å². The number of nitrogens with zero attached hydrogens (tertiary/aromatic N) is 3. The van der Waals surface area contributed by atoms with E-state index in [4.69, 9.17) is 21.1 Å². The molecule has 0 aliphatic rings. The van der Waals surface area contributed by atoms with Gasteiger partial charge in [0, 0.05) is 19.8 Å². The van der Waals surface area contributed by atoms with Crippen LogP contribution in [-0.2, 0) is 16.0 Å². The molecule has 1 aromatic carbocycles. The van der Waals surface area contributed by atoms with E-state index >= 15 is 0 Å². The van der Waals surface area contributed by atoms with Crippen LogP contribution in [0.15, 0.2) is 30.3 Å². The van der Waals surface area contributed by atoms with Crippen LogP contribution in [0, 0.1) is 0 Å². The molecule has 2 aromatic rings. The van der Waals surface area contributed by atoms with Crippen LogP contribution < -0.4 is 0 Å². The molecule has 0 saturated carbocycles. The minimum absolute atomic E-state index is 0.0963. The summed E-state index contributed by atoms with van der Waals surface area (Å²) in [7, 11) is 3.28. The molecule has 0 spiro atoms. The predicted molar refractivity (Wildman–Crippen MR) is 73.1 cm³/mol. The fourth-order valence-corrected chi connectivity index (χ4v) is 2.02. The maximum absolute atomic E-state index is 6.09. The van der Waals surface area contributed by atoms with E-state index in [2.05, 4.69) is 10.2 Å². The second-order valence-electron chi connectivity index (χ2n) is 4.08. The van der Waals surface area contributed by atoms with Gasteiger partial charge in [-0.25, -0.2) is 0 Å². The Morgan fingerprint density at radius 3 is 2.58 bits per heavy atom. The molecule has 1 atom stereocenters. The molecule has 1 heterocycles. The minimum atomic E-state index is -0.0963. The number of aromatic nitrogens is 3. The molecule has 102 valence electrons. The van der Waals surface area contributed by atoms with E-state index in [0.717, 1.165) is 11.4 Å². The van der Waals surface area contributed by atoms with Crippen molar-refractivity contribution in [3.05, 3.63) is 35.6 Å². The monoisotopic (exact) mass is 281 g/mol. The summed E-state index contributed by atoms with van der Waals surface area (Å²) in [5.74, 6) is 0.726. The lowest BCUT2D eigenvalue weighted by molar-refractivity contribution is 0.0186. The summed E-state index contributed by atoms with van der Waals surface area (Å²) in [6, 6.07) is 9.79. The third kappa shape index (κ3) is 3.32. The molecule has 1 unspecified atom stereocenters. The maximum Gasteiger partial charge on any atom is 0.225 e. The number of hydrogen-bond acceptors (Lipinski definition) is 4. The van der Waals surface area contributed by atoms with E-state index in [-0.39, 0.29) is 6.10 Å². The summed E-state index contributed by atoms with van der Waals surface area (Å²) in [6.07, 6.45) is -0.0963. The van der Waals surface area contributed by atoms with Gasteiger partial charge in [0.25, 0.3) is 0 Å². The summed E-state index contributed by atoms with van der Waals surface area (Å²) in [5, 5.41) is 8.39. The largest absolute Gasteiger partial charge is 0.382 e. The molecule has 19 heavy (non-hydrogen) atoms. The number of ether oxygens (including phenoxy) is 2. The quantitative estimate of drug-likeness (QED) is 0.815. The third-order valence-electron chi connectivity index (χ3n) is 2.81. The van der Waals surface area contributed by atoms with Crippen LogP contribution in [-0.4, -0.2) is 41.7 Å². The Kier molecular flexibility index (Phi) is 4.90. The molecule has 0 radical (unpaired) electrons. The lowest BCUT2D eigenvalue weighted by Gasteiger charge is -2.16. The van der Waals surface area contributed by atoms with Crippen molar-refractivity contribution in [3.63, 3.8) is 0 Å². The van der Waals surface area contributed by atoms with Gasteiger partial charge in [-0.3, -0.25) is 4.57 Å².